The van der Waals surface area contributed by atoms with Crippen LogP contribution < -0.4 is 0 Å². The van der Waals surface area contributed by atoms with Gasteiger partial charge in [0.2, 0.25) is 5.91 Å². The lowest BCUT2D eigenvalue weighted by Crippen LogP contribution is -2.31. The van der Waals surface area contributed by atoms with E-state index in [2.05, 4.69) is 5.92 Å². The molecule has 0 aromatic rings. The molecule has 2 nitrogen and oxygen atoms in total. The highest BCUT2D eigenvalue weighted by Gasteiger charge is 2.26. The number of amides is 1. The number of terminal acetylenes is 1. The van der Waals surface area contributed by atoms with Crippen molar-refractivity contribution in [3.63, 3.8) is 0 Å². The van der Waals surface area contributed by atoms with E-state index in [1.807, 2.05) is 6.92 Å². The first kappa shape index (κ1) is 7.49. The fourth-order valence-corrected chi connectivity index (χ4v) is 1.80. The summed E-state index contributed by atoms with van der Waals surface area (Å²) in [6, 6.07) is 0. The highest BCUT2D eigenvalue weighted by molar-refractivity contribution is 8.00. The monoisotopic (exact) mass is 155 g/mol. The summed E-state index contributed by atoms with van der Waals surface area (Å²) >= 11 is 1.63. The number of carbonyl (C=O) groups is 1. The van der Waals surface area contributed by atoms with Gasteiger partial charge in [-0.15, -0.1) is 18.2 Å². The van der Waals surface area contributed by atoms with Gasteiger partial charge in [0.15, 0.2) is 0 Å². The Morgan fingerprint density at radius 3 is 3.10 bits per heavy atom. The fraction of sp³-hybridized carbons (Fsp3) is 0.571. The summed E-state index contributed by atoms with van der Waals surface area (Å²) in [6.45, 7) is 2.44. The highest BCUT2D eigenvalue weighted by atomic mass is 32.2. The van der Waals surface area contributed by atoms with Gasteiger partial charge in [-0.25, -0.2) is 0 Å². The minimum absolute atomic E-state index is 0.162. The zero-order valence-corrected chi connectivity index (χ0v) is 6.65. The van der Waals surface area contributed by atoms with Crippen molar-refractivity contribution in [2.75, 3.05) is 12.3 Å². The molecular weight excluding hydrogens is 146 g/mol. The highest BCUT2D eigenvalue weighted by Crippen LogP contribution is 2.22. The second kappa shape index (κ2) is 2.98. The molecule has 1 aliphatic heterocycles. The van der Waals surface area contributed by atoms with Crippen LogP contribution >= 0.6 is 11.8 Å². The van der Waals surface area contributed by atoms with Gasteiger partial charge in [0.05, 0.1) is 17.7 Å². The molecule has 1 rings (SSSR count). The second-order valence-corrected chi connectivity index (χ2v) is 3.44. The van der Waals surface area contributed by atoms with Crippen LogP contribution in [0.3, 0.4) is 0 Å². The van der Waals surface area contributed by atoms with E-state index < -0.39 is 0 Å². The Hall–Kier alpha value is -0.620. The molecule has 1 fully saturated rings. The molecule has 0 N–H and O–H groups in total. The molecule has 0 saturated carbocycles. The number of nitrogens with zero attached hydrogens (tertiary/aromatic N) is 1. The van der Waals surface area contributed by atoms with E-state index >= 15 is 0 Å². The van der Waals surface area contributed by atoms with Crippen LogP contribution in [-0.4, -0.2) is 28.5 Å². The SMILES string of the molecule is C#CCN1C(=O)CSC1C. The predicted octanol–water partition coefficient (Wildman–Crippen LogP) is 0.541. The van der Waals surface area contributed by atoms with Crippen LogP contribution in [0, 0.1) is 12.3 Å². The van der Waals surface area contributed by atoms with Crippen LogP contribution in [0.25, 0.3) is 0 Å². The molecule has 1 amide bonds. The quantitative estimate of drug-likeness (QED) is 0.515. The third kappa shape index (κ3) is 1.27. The Morgan fingerprint density at radius 1 is 2.00 bits per heavy atom. The molecule has 1 saturated heterocycles. The topological polar surface area (TPSA) is 20.3 Å². The van der Waals surface area contributed by atoms with Crippen LogP contribution in [0.4, 0.5) is 0 Å². The van der Waals surface area contributed by atoms with E-state index in [4.69, 9.17) is 6.42 Å². The van der Waals surface area contributed by atoms with Gasteiger partial charge >= 0.3 is 0 Å². The van der Waals surface area contributed by atoms with Crippen molar-refractivity contribution < 1.29 is 4.79 Å². The smallest absolute Gasteiger partial charge is 0.234 e. The van der Waals surface area contributed by atoms with Gasteiger partial charge in [0.25, 0.3) is 0 Å². The zero-order chi connectivity index (χ0) is 7.56. The molecule has 0 spiro atoms. The van der Waals surface area contributed by atoms with Crippen molar-refractivity contribution in [2.45, 2.75) is 12.3 Å². The summed E-state index contributed by atoms with van der Waals surface area (Å²) in [5.41, 5.74) is 0. The van der Waals surface area contributed by atoms with E-state index in [1.165, 1.54) is 0 Å². The van der Waals surface area contributed by atoms with Crippen molar-refractivity contribution in [1.29, 1.82) is 0 Å². The molecule has 10 heavy (non-hydrogen) atoms. The molecule has 0 radical (unpaired) electrons. The Balaban J connectivity index is 2.56. The zero-order valence-electron chi connectivity index (χ0n) is 5.83. The van der Waals surface area contributed by atoms with E-state index in [1.54, 1.807) is 16.7 Å². The van der Waals surface area contributed by atoms with Crippen molar-refractivity contribution in [3.05, 3.63) is 0 Å². The molecular formula is C7H9NOS. The van der Waals surface area contributed by atoms with Crippen LogP contribution in [0.2, 0.25) is 0 Å². The van der Waals surface area contributed by atoms with Crippen molar-refractivity contribution in [1.82, 2.24) is 4.90 Å². The van der Waals surface area contributed by atoms with E-state index in [0.717, 1.165) is 0 Å². The lowest BCUT2D eigenvalue weighted by Gasteiger charge is -2.16. The van der Waals surface area contributed by atoms with E-state index in [0.29, 0.717) is 12.3 Å². The van der Waals surface area contributed by atoms with Crippen molar-refractivity contribution >= 4 is 17.7 Å². The maximum absolute atomic E-state index is 11.0. The second-order valence-electron chi connectivity index (χ2n) is 2.14. The predicted molar refractivity (Wildman–Crippen MR) is 42.5 cm³/mol. The number of hydrogen-bond donors (Lipinski definition) is 0. The fourth-order valence-electron chi connectivity index (χ4n) is 0.883. The molecule has 0 aromatic carbocycles. The Kier molecular flexibility index (Phi) is 2.23. The summed E-state index contributed by atoms with van der Waals surface area (Å²) < 4.78 is 0. The van der Waals surface area contributed by atoms with Gasteiger partial charge in [0, 0.05) is 0 Å². The van der Waals surface area contributed by atoms with Crippen LogP contribution in [0.1, 0.15) is 6.92 Å². The summed E-state index contributed by atoms with van der Waals surface area (Å²) in [6.07, 6.45) is 5.08. The summed E-state index contributed by atoms with van der Waals surface area (Å²) in [7, 11) is 0. The van der Waals surface area contributed by atoms with E-state index in [-0.39, 0.29) is 11.3 Å². The van der Waals surface area contributed by atoms with Gasteiger partial charge in [-0.05, 0) is 6.92 Å². The van der Waals surface area contributed by atoms with Crippen molar-refractivity contribution in [2.24, 2.45) is 0 Å². The largest absolute Gasteiger partial charge is 0.319 e. The molecule has 1 atom stereocenters. The average molecular weight is 155 g/mol. The normalized spacial score (nSPS) is 25.0. The number of carbonyl (C=O) groups excluding carboxylic acids is 1. The Labute approximate surface area is 65.0 Å². The van der Waals surface area contributed by atoms with Crippen LogP contribution in [-0.2, 0) is 4.79 Å². The molecule has 0 aromatic heterocycles. The van der Waals surface area contributed by atoms with Gasteiger partial charge in [-0.3, -0.25) is 4.79 Å². The van der Waals surface area contributed by atoms with Crippen molar-refractivity contribution in [3.8, 4) is 12.3 Å². The molecule has 3 heteroatoms. The first-order valence-electron chi connectivity index (χ1n) is 3.10. The first-order valence-corrected chi connectivity index (χ1v) is 4.15. The maximum Gasteiger partial charge on any atom is 0.234 e. The third-order valence-corrected chi connectivity index (χ3v) is 2.62. The number of hydrogen-bond acceptors (Lipinski definition) is 2. The minimum Gasteiger partial charge on any atom is -0.319 e. The van der Waals surface area contributed by atoms with Gasteiger partial charge in [-0.1, -0.05) is 5.92 Å². The van der Waals surface area contributed by atoms with Gasteiger partial charge in [0.1, 0.15) is 0 Å². The molecule has 1 heterocycles. The lowest BCUT2D eigenvalue weighted by atomic mass is 10.5. The van der Waals surface area contributed by atoms with Crippen LogP contribution in [0.5, 0.6) is 0 Å². The standard InChI is InChI=1S/C7H9NOS/c1-3-4-8-6(2)10-5-7(8)9/h1,6H,4-5H2,2H3. The first-order chi connectivity index (χ1) is 4.75. The molecule has 54 valence electrons. The molecule has 1 unspecified atom stereocenters. The summed E-state index contributed by atoms with van der Waals surface area (Å²) in [5.74, 6) is 3.21. The molecule has 0 aliphatic carbocycles. The lowest BCUT2D eigenvalue weighted by molar-refractivity contribution is -0.127. The Bertz CT molecular complexity index is 185. The maximum atomic E-state index is 11.0. The average Bonchev–Trinajstić information content (AvgIpc) is 2.20. The van der Waals surface area contributed by atoms with Gasteiger partial charge in [-0.2, -0.15) is 0 Å². The van der Waals surface area contributed by atoms with E-state index in [9.17, 15) is 4.79 Å². The van der Waals surface area contributed by atoms with Crippen LogP contribution in [0.15, 0.2) is 0 Å². The summed E-state index contributed by atoms with van der Waals surface area (Å²) in [4.78, 5) is 12.7. The third-order valence-electron chi connectivity index (χ3n) is 1.47. The minimum atomic E-state index is 0.162. The summed E-state index contributed by atoms with van der Waals surface area (Å²) in [5, 5.41) is 0.267. The number of rotatable bonds is 1. The molecule has 0 bridgehead atoms. The Morgan fingerprint density at radius 2 is 2.70 bits per heavy atom. The molecule has 1 aliphatic rings. The number of thioether (sulfide) groups is 1. The van der Waals surface area contributed by atoms with Gasteiger partial charge < -0.3 is 4.90 Å².